The first-order valence-electron chi connectivity index (χ1n) is 4.72. The van der Waals surface area contributed by atoms with Crippen LogP contribution in [0.4, 0.5) is 5.69 Å². The van der Waals surface area contributed by atoms with Gasteiger partial charge in [0.1, 0.15) is 6.04 Å². The summed E-state index contributed by atoms with van der Waals surface area (Å²) in [6.45, 7) is 1.85. The highest BCUT2D eigenvalue weighted by Gasteiger charge is 2.29. The molecule has 15 heavy (non-hydrogen) atoms. The number of ketones is 1. The molecule has 1 atom stereocenters. The topological polar surface area (TPSA) is 66.4 Å². The number of carbonyl (C=O) groups excluding carboxylic acids is 1. The van der Waals surface area contributed by atoms with E-state index in [1.54, 1.807) is 12.1 Å². The molecule has 1 aromatic carbocycles. The lowest BCUT2D eigenvalue weighted by atomic mass is 9.94. The van der Waals surface area contributed by atoms with Gasteiger partial charge in [0, 0.05) is 17.7 Å². The van der Waals surface area contributed by atoms with Crippen LogP contribution in [-0.2, 0) is 4.79 Å². The van der Waals surface area contributed by atoms with Crippen molar-refractivity contribution < 1.29 is 14.7 Å². The third-order valence-electron chi connectivity index (χ3n) is 2.58. The minimum atomic E-state index is -0.989. The van der Waals surface area contributed by atoms with Gasteiger partial charge in [-0.3, -0.25) is 4.79 Å². The molecule has 0 radical (unpaired) electrons. The molecule has 0 saturated heterocycles. The van der Waals surface area contributed by atoms with Crippen LogP contribution in [0.15, 0.2) is 18.2 Å². The smallest absolute Gasteiger partial charge is 0.326 e. The lowest BCUT2D eigenvalue weighted by Gasteiger charge is -2.24. The SMILES string of the molecule is Cc1cccc2c1NC(C(=O)O)CC2=O. The van der Waals surface area contributed by atoms with Gasteiger partial charge in [-0.2, -0.15) is 0 Å². The van der Waals surface area contributed by atoms with Crippen molar-refractivity contribution in [2.24, 2.45) is 0 Å². The first kappa shape index (κ1) is 9.71. The van der Waals surface area contributed by atoms with Gasteiger partial charge in [0.15, 0.2) is 5.78 Å². The summed E-state index contributed by atoms with van der Waals surface area (Å²) in [4.78, 5) is 22.5. The molecule has 1 aliphatic heterocycles. The number of carboxylic acid groups (broad SMARTS) is 1. The normalized spacial score (nSPS) is 19.3. The summed E-state index contributed by atoms with van der Waals surface area (Å²) in [5.41, 5.74) is 2.14. The molecule has 0 fully saturated rings. The fourth-order valence-electron chi connectivity index (χ4n) is 1.76. The van der Waals surface area contributed by atoms with Crippen LogP contribution in [0.2, 0.25) is 0 Å². The summed E-state index contributed by atoms with van der Waals surface area (Å²) in [5.74, 6) is -1.10. The molecule has 78 valence electrons. The van der Waals surface area contributed by atoms with Gasteiger partial charge < -0.3 is 10.4 Å². The summed E-state index contributed by atoms with van der Waals surface area (Å²) in [7, 11) is 0. The number of benzene rings is 1. The number of fused-ring (bicyclic) bond motifs is 1. The van der Waals surface area contributed by atoms with Gasteiger partial charge in [0.2, 0.25) is 0 Å². The van der Waals surface area contributed by atoms with Gasteiger partial charge >= 0.3 is 5.97 Å². The van der Waals surface area contributed by atoms with Crippen molar-refractivity contribution in [2.75, 3.05) is 5.32 Å². The van der Waals surface area contributed by atoms with Gasteiger partial charge in [-0.05, 0) is 18.6 Å². The lowest BCUT2D eigenvalue weighted by Crippen LogP contribution is -2.36. The number of hydrogen-bond acceptors (Lipinski definition) is 3. The molecule has 0 bridgehead atoms. The molecule has 0 aromatic heterocycles. The maximum atomic E-state index is 11.6. The number of carboxylic acids is 1. The van der Waals surface area contributed by atoms with Crippen LogP contribution in [0.25, 0.3) is 0 Å². The molecular weight excluding hydrogens is 194 g/mol. The predicted molar refractivity (Wildman–Crippen MR) is 55.2 cm³/mol. The van der Waals surface area contributed by atoms with E-state index >= 15 is 0 Å². The van der Waals surface area contributed by atoms with E-state index in [-0.39, 0.29) is 12.2 Å². The maximum Gasteiger partial charge on any atom is 0.326 e. The van der Waals surface area contributed by atoms with Crippen LogP contribution in [0.3, 0.4) is 0 Å². The Kier molecular flexibility index (Phi) is 2.19. The fourth-order valence-corrected chi connectivity index (χ4v) is 1.76. The summed E-state index contributed by atoms with van der Waals surface area (Å²) < 4.78 is 0. The Hall–Kier alpha value is -1.84. The quantitative estimate of drug-likeness (QED) is 0.728. The lowest BCUT2D eigenvalue weighted by molar-refractivity contribution is -0.137. The third-order valence-corrected chi connectivity index (χ3v) is 2.58. The van der Waals surface area contributed by atoms with Crippen LogP contribution in [0.5, 0.6) is 0 Å². The zero-order valence-electron chi connectivity index (χ0n) is 8.28. The van der Waals surface area contributed by atoms with E-state index in [9.17, 15) is 9.59 Å². The molecular formula is C11H11NO3. The molecule has 4 heteroatoms. The van der Waals surface area contributed by atoms with Gasteiger partial charge in [-0.1, -0.05) is 12.1 Å². The van der Waals surface area contributed by atoms with Gasteiger partial charge in [0.05, 0.1) is 0 Å². The van der Waals surface area contributed by atoms with Gasteiger partial charge in [0.25, 0.3) is 0 Å². The number of hydrogen-bond donors (Lipinski definition) is 2. The first-order valence-corrected chi connectivity index (χ1v) is 4.72. The molecule has 1 unspecified atom stereocenters. The number of anilines is 1. The molecule has 0 aliphatic carbocycles. The number of rotatable bonds is 1. The Morgan fingerprint density at radius 1 is 1.53 bits per heavy atom. The second-order valence-electron chi connectivity index (χ2n) is 3.66. The fraction of sp³-hybridized carbons (Fsp3) is 0.273. The molecule has 1 aliphatic rings. The number of nitrogens with one attached hydrogen (secondary N) is 1. The molecule has 4 nitrogen and oxygen atoms in total. The first-order chi connectivity index (χ1) is 7.09. The number of para-hydroxylation sites is 1. The standard InChI is InChI=1S/C11H11NO3/c1-6-3-2-4-7-9(13)5-8(11(14)15)12-10(6)7/h2-4,8,12H,5H2,1H3,(H,14,15). The average Bonchev–Trinajstić information content (AvgIpc) is 2.19. The Labute approximate surface area is 86.9 Å². The van der Waals surface area contributed by atoms with Crippen molar-refractivity contribution in [3.63, 3.8) is 0 Å². The Morgan fingerprint density at radius 3 is 2.93 bits per heavy atom. The van der Waals surface area contributed by atoms with Gasteiger partial charge in [-0.25, -0.2) is 4.79 Å². The molecule has 0 amide bonds. The van der Waals surface area contributed by atoms with E-state index in [1.807, 2.05) is 13.0 Å². The summed E-state index contributed by atoms with van der Waals surface area (Å²) in [6.07, 6.45) is 0.0196. The van der Waals surface area contributed by atoms with E-state index in [0.717, 1.165) is 5.56 Å². The Bertz CT molecular complexity index is 439. The molecule has 2 rings (SSSR count). The zero-order valence-corrected chi connectivity index (χ0v) is 8.28. The average molecular weight is 205 g/mol. The second-order valence-corrected chi connectivity index (χ2v) is 3.66. The van der Waals surface area contributed by atoms with E-state index in [1.165, 1.54) is 0 Å². The second kappa shape index (κ2) is 3.38. The van der Waals surface area contributed by atoms with E-state index in [0.29, 0.717) is 11.3 Å². The van der Waals surface area contributed by atoms with Crippen molar-refractivity contribution in [3.05, 3.63) is 29.3 Å². The van der Waals surface area contributed by atoms with Crippen LogP contribution < -0.4 is 5.32 Å². The minimum absolute atomic E-state index is 0.0196. The van der Waals surface area contributed by atoms with Crippen molar-refractivity contribution >= 4 is 17.4 Å². The predicted octanol–water partition coefficient (Wildman–Crippen LogP) is 1.45. The van der Waals surface area contributed by atoms with E-state index in [4.69, 9.17) is 5.11 Å². The zero-order chi connectivity index (χ0) is 11.0. The summed E-state index contributed by atoms with van der Waals surface area (Å²) in [6, 6.07) is 4.57. The van der Waals surface area contributed by atoms with E-state index < -0.39 is 12.0 Å². The largest absolute Gasteiger partial charge is 0.480 e. The Balaban J connectivity index is 2.46. The van der Waals surface area contributed by atoms with Gasteiger partial charge in [-0.15, -0.1) is 0 Å². The number of Topliss-reactive ketones (excluding diaryl/α,β-unsaturated/α-hetero) is 1. The molecule has 0 saturated carbocycles. The van der Waals surface area contributed by atoms with E-state index in [2.05, 4.69) is 5.32 Å². The minimum Gasteiger partial charge on any atom is -0.480 e. The van der Waals surface area contributed by atoms with Crippen LogP contribution in [-0.4, -0.2) is 22.9 Å². The summed E-state index contributed by atoms with van der Waals surface area (Å²) >= 11 is 0. The summed E-state index contributed by atoms with van der Waals surface area (Å²) in [5, 5.41) is 11.7. The van der Waals surface area contributed by atoms with Crippen LogP contribution in [0.1, 0.15) is 22.3 Å². The van der Waals surface area contributed by atoms with Crippen molar-refractivity contribution in [1.29, 1.82) is 0 Å². The van der Waals surface area contributed by atoms with Crippen molar-refractivity contribution in [2.45, 2.75) is 19.4 Å². The third kappa shape index (κ3) is 1.58. The Morgan fingerprint density at radius 2 is 2.27 bits per heavy atom. The molecule has 1 aromatic rings. The number of aliphatic carboxylic acids is 1. The monoisotopic (exact) mass is 205 g/mol. The number of carbonyl (C=O) groups is 2. The van der Waals surface area contributed by atoms with Crippen molar-refractivity contribution in [1.82, 2.24) is 0 Å². The highest BCUT2D eigenvalue weighted by atomic mass is 16.4. The van der Waals surface area contributed by atoms with Crippen molar-refractivity contribution in [3.8, 4) is 0 Å². The maximum absolute atomic E-state index is 11.6. The highest BCUT2D eigenvalue weighted by molar-refractivity contribution is 6.06. The molecule has 1 heterocycles. The highest BCUT2D eigenvalue weighted by Crippen LogP contribution is 2.27. The van der Waals surface area contributed by atoms with Crippen LogP contribution in [0, 0.1) is 6.92 Å². The molecule has 2 N–H and O–H groups in total. The number of aryl methyl sites for hydroxylation is 1. The van der Waals surface area contributed by atoms with Crippen LogP contribution >= 0.6 is 0 Å². The molecule has 0 spiro atoms.